The molecule has 2 heterocycles. The summed E-state index contributed by atoms with van der Waals surface area (Å²) in [6.07, 6.45) is 1.57. The maximum absolute atomic E-state index is 12.4. The number of pyridine rings is 1. The van der Waals surface area contributed by atoms with E-state index in [1.807, 2.05) is 0 Å². The highest BCUT2D eigenvalue weighted by atomic mass is 35.5. The predicted octanol–water partition coefficient (Wildman–Crippen LogP) is 3.64. The number of rotatable bonds is 8. The van der Waals surface area contributed by atoms with Crippen LogP contribution in [0.3, 0.4) is 0 Å². The number of esters is 1. The van der Waals surface area contributed by atoms with E-state index >= 15 is 0 Å². The topological polar surface area (TPSA) is 128 Å². The number of furan rings is 1. The van der Waals surface area contributed by atoms with E-state index in [0.717, 1.165) is 0 Å². The lowest BCUT2D eigenvalue weighted by molar-refractivity contribution is -0.123. The molecule has 0 fully saturated rings. The third-order valence-corrected chi connectivity index (χ3v) is 6.03. The van der Waals surface area contributed by atoms with Gasteiger partial charge in [-0.25, -0.2) is 22.9 Å². The molecule has 0 aliphatic heterocycles. The van der Waals surface area contributed by atoms with Gasteiger partial charge in [0, 0.05) is 6.20 Å². The first-order valence-corrected chi connectivity index (χ1v) is 11.3. The number of nitrogens with zero attached hydrogens (tertiary/aromatic N) is 1. The molecule has 32 heavy (non-hydrogen) atoms. The van der Waals surface area contributed by atoms with Crippen LogP contribution < -0.4 is 10.0 Å². The van der Waals surface area contributed by atoms with Crippen molar-refractivity contribution >= 4 is 50.9 Å². The number of carbonyl (C=O) groups is 2. The lowest BCUT2D eigenvalue weighted by Gasteiger charge is -2.14. The first-order valence-electron chi connectivity index (χ1n) is 9.11. The van der Waals surface area contributed by atoms with E-state index < -0.39 is 28.0 Å². The quantitative estimate of drug-likeness (QED) is 0.454. The van der Waals surface area contributed by atoms with Gasteiger partial charge in [-0.3, -0.25) is 4.79 Å². The molecule has 0 aliphatic carbocycles. The lowest BCUT2D eigenvalue weighted by Crippen LogP contribution is -2.30. The summed E-state index contributed by atoms with van der Waals surface area (Å²) in [6, 6.07) is 9.76. The van der Waals surface area contributed by atoms with E-state index in [-0.39, 0.29) is 27.8 Å². The second kappa shape index (κ2) is 10.1. The van der Waals surface area contributed by atoms with Gasteiger partial charge in [0.05, 0.1) is 33.3 Å². The van der Waals surface area contributed by atoms with Crippen molar-refractivity contribution in [3.05, 3.63) is 76.3 Å². The minimum atomic E-state index is -3.81. The molecule has 0 bridgehead atoms. The number of nitrogens with one attached hydrogen (secondary N) is 2. The first kappa shape index (κ1) is 23.7. The predicted molar refractivity (Wildman–Crippen MR) is 117 cm³/mol. The molecule has 1 atom stereocenters. The molecular weight excluding hydrogens is 481 g/mol. The standard InChI is InChI=1S/C20H17Cl2N3O6S/c1-12(19(26)25-18-17(22)9-14(21)10-23-18)31-20(27)13-4-6-16(7-5-13)32(28,29)24-11-15-3-2-8-30-15/h2-10,12,24H,11H2,1H3,(H,23,25,26)/t12-/m1/s1. The molecule has 3 aromatic rings. The number of ether oxygens (including phenoxy) is 1. The summed E-state index contributed by atoms with van der Waals surface area (Å²) in [4.78, 5) is 28.4. The Balaban J connectivity index is 1.59. The summed E-state index contributed by atoms with van der Waals surface area (Å²) < 4.78 is 37.3. The van der Waals surface area contributed by atoms with Gasteiger partial charge in [-0.05, 0) is 49.4 Å². The molecule has 2 N–H and O–H groups in total. The van der Waals surface area contributed by atoms with Gasteiger partial charge in [-0.1, -0.05) is 23.2 Å². The number of benzene rings is 1. The van der Waals surface area contributed by atoms with Crippen LogP contribution in [0.5, 0.6) is 0 Å². The van der Waals surface area contributed by atoms with Crippen LogP contribution in [0.1, 0.15) is 23.0 Å². The monoisotopic (exact) mass is 497 g/mol. The van der Waals surface area contributed by atoms with Gasteiger partial charge in [0.25, 0.3) is 5.91 Å². The molecule has 12 heteroatoms. The Bertz CT molecular complexity index is 1210. The van der Waals surface area contributed by atoms with Crippen LogP contribution in [0.4, 0.5) is 5.82 Å². The molecule has 168 valence electrons. The smallest absolute Gasteiger partial charge is 0.338 e. The van der Waals surface area contributed by atoms with Gasteiger partial charge in [0.15, 0.2) is 11.9 Å². The Morgan fingerprint density at radius 3 is 2.53 bits per heavy atom. The Hall–Kier alpha value is -2.92. The van der Waals surface area contributed by atoms with E-state index in [1.165, 1.54) is 49.7 Å². The minimum Gasteiger partial charge on any atom is -0.468 e. The lowest BCUT2D eigenvalue weighted by atomic mass is 10.2. The largest absolute Gasteiger partial charge is 0.468 e. The SMILES string of the molecule is C[C@@H](OC(=O)c1ccc(S(=O)(=O)NCc2ccco2)cc1)C(=O)Nc1ncc(Cl)cc1Cl. The van der Waals surface area contributed by atoms with Crippen molar-refractivity contribution in [1.82, 2.24) is 9.71 Å². The van der Waals surface area contributed by atoms with E-state index in [4.69, 9.17) is 32.4 Å². The third kappa shape index (κ3) is 6.07. The molecular formula is C20H17Cl2N3O6S. The highest BCUT2D eigenvalue weighted by Gasteiger charge is 2.21. The zero-order chi connectivity index (χ0) is 23.3. The fourth-order valence-corrected chi connectivity index (χ4v) is 3.86. The zero-order valence-electron chi connectivity index (χ0n) is 16.5. The van der Waals surface area contributed by atoms with Crippen molar-refractivity contribution in [3.8, 4) is 0 Å². The van der Waals surface area contributed by atoms with Crippen LogP contribution in [0, 0.1) is 0 Å². The summed E-state index contributed by atoms with van der Waals surface area (Å²) in [7, 11) is -3.81. The average molecular weight is 498 g/mol. The summed E-state index contributed by atoms with van der Waals surface area (Å²) in [5.74, 6) is -0.941. The zero-order valence-corrected chi connectivity index (χ0v) is 18.9. The molecule has 0 aliphatic rings. The number of amides is 1. The summed E-state index contributed by atoms with van der Waals surface area (Å²) in [5, 5.41) is 2.86. The normalized spacial score (nSPS) is 12.2. The Morgan fingerprint density at radius 1 is 1.19 bits per heavy atom. The highest BCUT2D eigenvalue weighted by molar-refractivity contribution is 7.89. The summed E-state index contributed by atoms with van der Waals surface area (Å²) in [5.41, 5.74) is 0.0669. The van der Waals surface area contributed by atoms with Crippen LogP contribution in [0.15, 0.2) is 64.2 Å². The number of hydrogen-bond acceptors (Lipinski definition) is 7. The van der Waals surface area contributed by atoms with Gasteiger partial charge in [-0.2, -0.15) is 0 Å². The van der Waals surface area contributed by atoms with Crippen LogP contribution in [-0.2, 0) is 26.1 Å². The number of aromatic nitrogens is 1. The first-order chi connectivity index (χ1) is 15.2. The maximum Gasteiger partial charge on any atom is 0.338 e. The second-order valence-corrected chi connectivity index (χ2v) is 9.06. The minimum absolute atomic E-state index is 0.0156. The summed E-state index contributed by atoms with van der Waals surface area (Å²) in [6.45, 7) is 1.35. The molecule has 0 spiro atoms. The van der Waals surface area contributed by atoms with Gasteiger partial charge in [0.2, 0.25) is 10.0 Å². The van der Waals surface area contributed by atoms with Crippen molar-refractivity contribution < 1.29 is 27.2 Å². The molecule has 0 radical (unpaired) electrons. The fraction of sp³-hybridized carbons (Fsp3) is 0.150. The molecule has 1 amide bonds. The molecule has 2 aromatic heterocycles. The third-order valence-electron chi connectivity index (χ3n) is 4.12. The van der Waals surface area contributed by atoms with E-state index in [2.05, 4.69) is 15.0 Å². The Labute approximate surface area is 193 Å². The number of carbonyl (C=O) groups excluding carboxylic acids is 2. The van der Waals surface area contributed by atoms with Crippen LogP contribution in [-0.4, -0.2) is 31.4 Å². The van der Waals surface area contributed by atoms with Gasteiger partial charge < -0.3 is 14.5 Å². The Morgan fingerprint density at radius 2 is 1.91 bits per heavy atom. The van der Waals surface area contributed by atoms with E-state index in [1.54, 1.807) is 12.1 Å². The van der Waals surface area contributed by atoms with E-state index in [0.29, 0.717) is 10.8 Å². The van der Waals surface area contributed by atoms with Crippen LogP contribution in [0.25, 0.3) is 0 Å². The van der Waals surface area contributed by atoms with Gasteiger partial charge in [-0.15, -0.1) is 0 Å². The van der Waals surface area contributed by atoms with Gasteiger partial charge >= 0.3 is 5.97 Å². The van der Waals surface area contributed by atoms with Crippen LogP contribution >= 0.6 is 23.2 Å². The van der Waals surface area contributed by atoms with Crippen molar-refractivity contribution in [1.29, 1.82) is 0 Å². The number of sulfonamides is 1. The molecule has 0 unspecified atom stereocenters. The number of hydrogen-bond donors (Lipinski definition) is 2. The number of halogens is 2. The molecule has 0 saturated heterocycles. The van der Waals surface area contributed by atoms with Gasteiger partial charge in [0.1, 0.15) is 5.76 Å². The maximum atomic E-state index is 12.4. The van der Waals surface area contributed by atoms with E-state index in [9.17, 15) is 18.0 Å². The Kier molecular flexibility index (Phi) is 7.52. The second-order valence-electron chi connectivity index (χ2n) is 6.45. The fourth-order valence-electron chi connectivity index (χ4n) is 2.44. The van der Waals surface area contributed by atoms with Crippen molar-refractivity contribution in [3.63, 3.8) is 0 Å². The van der Waals surface area contributed by atoms with Crippen molar-refractivity contribution in [2.75, 3.05) is 5.32 Å². The molecule has 9 nitrogen and oxygen atoms in total. The molecule has 3 rings (SSSR count). The average Bonchev–Trinajstić information content (AvgIpc) is 3.28. The summed E-state index contributed by atoms with van der Waals surface area (Å²) >= 11 is 11.7. The van der Waals surface area contributed by atoms with Crippen molar-refractivity contribution in [2.45, 2.75) is 24.5 Å². The van der Waals surface area contributed by atoms with Crippen LogP contribution in [0.2, 0.25) is 10.0 Å². The number of anilines is 1. The van der Waals surface area contributed by atoms with Crippen molar-refractivity contribution in [2.24, 2.45) is 0 Å². The molecule has 0 saturated carbocycles. The molecule has 1 aromatic carbocycles. The highest BCUT2D eigenvalue weighted by Crippen LogP contribution is 2.22.